The average Bonchev–Trinajstić information content (AvgIpc) is 2.39. The van der Waals surface area contributed by atoms with Crippen molar-refractivity contribution in [1.82, 2.24) is 0 Å². The first-order valence-corrected chi connectivity index (χ1v) is 6.73. The van der Waals surface area contributed by atoms with Crippen molar-refractivity contribution in [2.24, 2.45) is 0 Å². The highest BCUT2D eigenvalue weighted by atomic mass is 79.9. The van der Waals surface area contributed by atoms with Gasteiger partial charge in [-0.3, -0.25) is 0 Å². The molecule has 0 bridgehead atoms. The van der Waals surface area contributed by atoms with E-state index in [2.05, 4.69) is 34.5 Å². The molecule has 0 fully saturated rings. The van der Waals surface area contributed by atoms with Gasteiger partial charge in [0.1, 0.15) is 11.5 Å². The molecule has 0 unspecified atom stereocenters. The molecule has 0 aliphatic carbocycles. The van der Waals surface area contributed by atoms with Crippen LogP contribution in [0.5, 0.6) is 11.5 Å². The third kappa shape index (κ3) is 3.90. The molecule has 2 aromatic rings. The van der Waals surface area contributed by atoms with E-state index in [1.165, 1.54) is 5.56 Å². The van der Waals surface area contributed by atoms with E-state index < -0.39 is 0 Å². The van der Waals surface area contributed by atoms with Crippen molar-refractivity contribution in [3.63, 3.8) is 0 Å². The standard InChI is InChI=1S/C15H14BrO/c16-12-4-5-13-8-10-15(11-9-13)17-14-6-2-1-3-7-14/h1-3,5-11H,4,12H2. The molecule has 0 spiro atoms. The highest BCUT2D eigenvalue weighted by molar-refractivity contribution is 9.09. The van der Waals surface area contributed by atoms with Gasteiger partial charge in [0.15, 0.2) is 0 Å². The summed E-state index contributed by atoms with van der Waals surface area (Å²) in [5.74, 6) is 1.73. The normalized spacial score (nSPS) is 10.2. The number of hydrogen-bond acceptors (Lipinski definition) is 1. The summed E-state index contributed by atoms with van der Waals surface area (Å²) in [6.07, 6.45) is 3.24. The van der Waals surface area contributed by atoms with E-state index >= 15 is 0 Å². The van der Waals surface area contributed by atoms with Crippen molar-refractivity contribution in [1.29, 1.82) is 0 Å². The van der Waals surface area contributed by atoms with Gasteiger partial charge in [0.05, 0.1) is 0 Å². The van der Waals surface area contributed by atoms with Gasteiger partial charge in [0.25, 0.3) is 0 Å². The fourth-order valence-electron chi connectivity index (χ4n) is 1.52. The summed E-state index contributed by atoms with van der Waals surface area (Å²) in [4.78, 5) is 0. The molecule has 0 heterocycles. The predicted molar refractivity (Wildman–Crippen MR) is 74.8 cm³/mol. The Labute approximate surface area is 111 Å². The van der Waals surface area contributed by atoms with Gasteiger partial charge in [0, 0.05) is 5.33 Å². The SMILES string of the molecule is BrCC[CH]c1ccc(Oc2ccccc2)cc1. The Kier molecular flexibility index (Phi) is 4.63. The van der Waals surface area contributed by atoms with Gasteiger partial charge in [-0.2, -0.15) is 0 Å². The Bertz CT molecular complexity index is 436. The van der Waals surface area contributed by atoms with Crippen molar-refractivity contribution in [2.75, 3.05) is 5.33 Å². The molecular formula is C15H14BrO. The Hall–Kier alpha value is -1.28. The molecular weight excluding hydrogens is 276 g/mol. The number of rotatable bonds is 5. The molecule has 17 heavy (non-hydrogen) atoms. The zero-order valence-corrected chi connectivity index (χ0v) is 11.1. The van der Waals surface area contributed by atoms with Gasteiger partial charge in [0.2, 0.25) is 0 Å². The second-order valence-corrected chi connectivity index (χ2v) is 4.46. The topological polar surface area (TPSA) is 9.23 Å². The summed E-state index contributed by atoms with van der Waals surface area (Å²) < 4.78 is 5.71. The maximum Gasteiger partial charge on any atom is 0.127 e. The summed E-state index contributed by atoms with van der Waals surface area (Å²) in [6.45, 7) is 0. The van der Waals surface area contributed by atoms with Gasteiger partial charge in [-0.25, -0.2) is 0 Å². The van der Waals surface area contributed by atoms with E-state index in [9.17, 15) is 0 Å². The second-order valence-electron chi connectivity index (χ2n) is 3.67. The molecule has 0 saturated heterocycles. The van der Waals surface area contributed by atoms with Crippen LogP contribution in [-0.4, -0.2) is 5.33 Å². The molecule has 1 radical (unpaired) electrons. The van der Waals surface area contributed by atoms with E-state index in [-0.39, 0.29) is 0 Å². The lowest BCUT2D eigenvalue weighted by molar-refractivity contribution is 0.482. The first-order valence-electron chi connectivity index (χ1n) is 5.60. The monoisotopic (exact) mass is 289 g/mol. The van der Waals surface area contributed by atoms with Crippen molar-refractivity contribution >= 4 is 15.9 Å². The molecule has 2 rings (SSSR count). The van der Waals surface area contributed by atoms with Gasteiger partial charge < -0.3 is 4.74 Å². The fraction of sp³-hybridized carbons (Fsp3) is 0.133. The van der Waals surface area contributed by atoms with E-state index in [0.717, 1.165) is 23.2 Å². The van der Waals surface area contributed by atoms with Gasteiger partial charge >= 0.3 is 0 Å². The second kappa shape index (κ2) is 6.45. The van der Waals surface area contributed by atoms with Crippen molar-refractivity contribution in [3.05, 3.63) is 66.6 Å². The zero-order valence-electron chi connectivity index (χ0n) is 9.47. The highest BCUT2D eigenvalue weighted by Crippen LogP contribution is 2.21. The molecule has 1 nitrogen and oxygen atoms in total. The van der Waals surface area contributed by atoms with Gasteiger partial charge in [-0.05, 0) is 42.7 Å². The lowest BCUT2D eigenvalue weighted by atomic mass is 10.1. The summed E-state index contributed by atoms with van der Waals surface area (Å²) >= 11 is 3.41. The molecule has 2 heteroatoms. The summed E-state index contributed by atoms with van der Waals surface area (Å²) in [5, 5.41) is 0.995. The van der Waals surface area contributed by atoms with E-state index in [1.54, 1.807) is 0 Å². The maximum atomic E-state index is 5.71. The zero-order chi connectivity index (χ0) is 11.9. The largest absolute Gasteiger partial charge is 0.457 e. The number of ether oxygens (including phenoxy) is 1. The van der Waals surface area contributed by atoms with Crippen molar-refractivity contribution in [2.45, 2.75) is 6.42 Å². The number of halogens is 1. The quantitative estimate of drug-likeness (QED) is 0.718. The molecule has 0 aliphatic heterocycles. The smallest absolute Gasteiger partial charge is 0.127 e. The first kappa shape index (κ1) is 12.2. The molecule has 0 aliphatic rings. The van der Waals surface area contributed by atoms with Crippen LogP contribution in [0, 0.1) is 6.42 Å². The molecule has 0 aromatic heterocycles. The molecule has 0 N–H and O–H groups in total. The van der Waals surface area contributed by atoms with E-state index in [0.29, 0.717) is 0 Å². The molecule has 0 amide bonds. The Balaban J connectivity index is 1.98. The minimum atomic E-state index is 0.865. The van der Waals surface area contributed by atoms with Crippen LogP contribution in [0.3, 0.4) is 0 Å². The number of hydrogen-bond donors (Lipinski definition) is 0. The van der Waals surface area contributed by atoms with Crippen LogP contribution in [-0.2, 0) is 0 Å². The molecule has 0 atom stereocenters. The highest BCUT2D eigenvalue weighted by Gasteiger charge is 1.97. The lowest BCUT2D eigenvalue weighted by Gasteiger charge is -2.06. The van der Waals surface area contributed by atoms with Crippen LogP contribution in [0.25, 0.3) is 0 Å². The fourth-order valence-corrected chi connectivity index (χ4v) is 1.75. The summed E-state index contributed by atoms with van der Waals surface area (Å²) in [7, 11) is 0. The average molecular weight is 290 g/mol. The molecule has 0 saturated carbocycles. The van der Waals surface area contributed by atoms with E-state index in [1.807, 2.05) is 42.5 Å². The van der Waals surface area contributed by atoms with Crippen LogP contribution in [0.2, 0.25) is 0 Å². The van der Waals surface area contributed by atoms with Crippen LogP contribution >= 0.6 is 15.9 Å². The van der Waals surface area contributed by atoms with Crippen LogP contribution in [0.15, 0.2) is 54.6 Å². The van der Waals surface area contributed by atoms with Crippen LogP contribution < -0.4 is 4.74 Å². The van der Waals surface area contributed by atoms with Crippen molar-refractivity contribution < 1.29 is 4.74 Å². The van der Waals surface area contributed by atoms with Gasteiger partial charge in [-0.1, -0.05) is 46.3 Å². The summed E-state index contributed by atoms with van der Waals surface area (Å²) in [5.41, 5.74) is 1.23. The third-order valence-corrected chi connectivity index (χ3v) is 2.81. The Morgan fingerprint density at radius 2 is 1.53 bits per heavy atom. The Morgan fingerprint density at radius 3 is 2.18 bits per heavy atom. The van der Waals surface area contributed by atoms with Gasteiger partial charge in [-0.15, -0.1) is 0 Å². The van der Waals surface area contributed by atoms with Crippen LogP contribution in [0.4, 0.5) is 0 Å². The van der Waals surface area contributed by atoms with Crippen LogP contribution in [0.1, 0.15) is 12.0 Å². The summed E-state index contributed by atoms with van der Waals surface area (Å²) in [6, 6.07) is 17.9. The first-order chi connectivity index (χ1) is 8.38. The third-order valence-electron chi connectivity index (χ3n) is 2.35. The number of para-hydroxylation sites is 1. The van der Waals surface area contributed by atoms with E-state index in [4.69, 9.17) is 4.74 Å². The number of benzene rings is 2. The molecule has 87 valence electrons. The van der Waals surface area contributed by atoms with Crippen molar-refractivity contribution in [3.8, 4) is 11.5 Å². The Morgan fingerprint density at radius 1 is 0.882 bits per heavy atom. The minimum Gasteiger partial charge on any atom is -0.457 e. The lowest BCUT2D eigenvalue weighted by Crippen LogP contribution is -1.86. The minimum absolute atomic E-state index is 0.865. The molecule has 2 aromatic carbocycles. The number of alkyl halides is 1. The maximum absolute atomic E-state index is 5.71. The predicted octanol–water partition coefficient (Wildman–Crippen LogP) is 4.82.